The van der Waals surface area contributed by atoms with E-state index in [-0.39, 0.29) is 5.24 Å². The summed E-state index contributed by atoms with van der Waals surface area (Å²) in [5.74, 6) is 1.68. The molecule has 1 rings (SSSR count). The maximum Gasteiger partial charge on any atom is 0.281 e. The topological polar surface area (TPSA) is 29.5 Å². The van der Waals surface area contributed by atoms with Gasteiger partial charge in [0.05, 0.1) is 6.61 Å². The molecule has 0 saturated heterocycles. The summed E-state index contributed by atoms with van der Waals surface area (Å²) in [6, 6.07) is 7.99. The van der Waals surface area contributed by atoms with Gasteiger partial charge in [0.15, 0.2) is 0 Å². The lowest BCUT2D eigenvalue weighted by Gasteiger charge is -2.09. The van der Waals surface area contributed by atoms with Crippen molar-refractivity contribution in [3.05, 3.63) is 29.8 Å². The molecule has 0 aliphatic heterocycles. The monoisotopic (exact) mass is 253 g/mol. The number of carbonyl (C=O) groups excluding carboxylic acids is 1. The van der Waals surface area contributed by atoms with Gasteiger partial charge in [-0.15, -0.1) is 0 Å². The van der Waals surface area contributed by atoms with Crippen molar-refractivity contribution < 1.29 is 9.53 Å². The normalized spacial score (nSPS) is 10.1. The molecule has 0 fully saturated rings. The smallest absolute Gasteiger partial charge is 0.281 e. The SMILES string of the molecule is Cc1ccc(OCCCSC(=O)N(C)C)cc1. The molecule has 0 aliphatic rings. The number of carbonyl (C=O) groups is 1. The third-order valence-electron chi connectivity index (χ3n) is 2.17. The van der Waals surface area contributed by atoms with Crippen LogP contribution in [0, 0.1) is 6.92 Å². The number of ether oxygens (including phenoxy) is 1. The van der Waals surface area contributed by atoms with Crippen LogP contribution in [0.3, 0.4) is 0 Å². The fourth-order valence-electron chi connectivity index (χ4n) is 1.17. The van der Waals surface area contributed by atoms with Gasteiger partial charge in [0.2, 0.25) is 0 Å². The first-order chi connectivity index (χ1) is 8.09. The van der Waals surface area contributed by atoms with Crippen LogP contribution in [0.15, 0.2) is 24.3 Å². The van der Waals surface area contributed by atoms with Crippen molar-refractivity contribution in [2.45, 2.75) is 13.3 Å². The van der Waals surface area contributed by atoms with E-state index in [0.29, 0.717) is 6.61 Å². The van der Waals surface area contributed by atoms with E-state index in [1.54, 1.807) is 19.0 Å². The zero-order chi connectivity index (χ0) is 12.7. The molecule has 94 valence electrons. The molecule has 0 heterocycles. The van der Waals surface area contributed by atoms with Gasteiger partial charge in [-0.25, -0.2) is 0 Å². The van der Waals surface area contributed by atoms with E-state index >= 15 is 0 Å². The number of amides is 1. The third kappa shape index (κ3) is 5.63. The maximum atomic E-state index is 11.3. The number of hydrogen-bond acceptors (Lipinski definition) is 3. The van der Waals surface area contributed by atoms with Crippen LogP contribution in [0.5, 0.6) is 5.75 Å². The van der Waals surface area contributed by atoms with Crippen molar-refractivity contribution in [2.75, 3.05) is 26.5 Å². The zero-order valence-electron chi connectivity index (χ0n) is 10.6. The summed E-state index contributed by atoms with van der Waals surface area (Å²) >= 11 is 1.33. The molecular weight excluding hydrogens is 234 g/mol. The molecule has 0 spiro atoms. The number of rotatable bonds is 5. The van der Waals surface area contributed by atoms with Gasteiger partial charge >= 0.3 is 0 Å². The number of hydrogen-bond donors (Lipinski definition) is 0. The molecule has 0 radical (unpaired) electrons. The molecule has 3 nitrogen and oxygen atoms in total. The molecule has 1 aromatic rings. The van der Waals surface area contributed by atoms with Crippen molar-refractivity contribution in [2.24, 2.45) is 0 Å². The molecule has 0 bridgehead atoms. The lowest BCUT2D eigenvalue weighted by atomic mass is 10.2. The minimum Gasteiger partial charge on any atom is -0.494 e. The number of nitrogens with zero attached hydrogens (tertiary/aromatic N) is 1. The van der Waals surface area contributed by atoms with Crippen LogP contribution in [0.25, 0.3) is 0 Å². The van der Waals surface area contributed by atoms with E-state index in [1.807, 2.05) is 31.2 Å². The Labute approximate surface area is 107 Å². The van der Waals surface area contributed by atoms with Crippen molar-refractivity contribution in [3.63, 3.8) is 0 Å². The van der Waals surface area contributed by atoms with Crippen LogP contribution in [-0.4, -0.2) is 36.6 Å². The van der Waals surface area contributed by atoms with Crippen molar-refractivity contribution in [1.82, 2.24) is 4.90 Å². The average Bonchev–Trinajstić information content (AvgIpc) is 2.30. The molecule has 0 unspecified atom stereocenters. The third-order valence-corrected chi connectivity index (χ3v) is 3.27. The molecule has 0 N–H and O–H groups in total. The molecule has 17 heavy (non-hydrogen) atoms. The first kappa shape index (κ1) is 13.9. The lowest BCUT2D eigenvalue weighted by molar-refractivity contribution is 0.241. The van der Waals surface area contributed by atoms with Gasteiger partial charge in [-0.05, 0) is 25.5 Å². The molecule has 1 amide bonds. The minimum atomic E-state index is 0.0975. The van der Waals surface area contributed by atoms with Crippen molar-refractivity contribution in [3.8, 4) is 5.75 Å². The Kier molecular flexibility index (Phi) is 5.91. The van der Waals surface area contributed by atoms with Gasteiger partial charge in [0.1, 0.15) is 5.75 Å². The van der Waals surface area contributed by atoms with Crippen LogP contribution in [-0.2, 0) is 0 Å². The highest BCUT2D eigenvalue weighted by Crippen LogP contribution is 2.12. The van der Waals surface area contributed by atoms with Gasteiger partial charge in [0.25, 0.3) is 5.24 Å². The van der Waals surface area contributed by atoms with Gasteiger partial charge in [-0.1, -0.05) is 29.5 Å². The molecule has 0 atom stereocenters. The number of benzene rings is 1. The summed E-state index contributed by atoms with van der Waals surface area (Å²) < 4.78 is 5.57. The van der Waals surface area contributed by atoms with E-state index < -0.39 is 0 Å². The Hall–Kier alpha value is -1.16. The van der Waals surface area contributed by atoms with Gasteiger partial charge in [-0.2, -0.15) is 0 Å². The quantitative estimate of drug-likeness (QED) is 0.755. The predicted octanol–water partition coefficient (Wildman–Crippen LogP) is 3.18. The summed E-state index contributed by atoms with van der Waals surface area (Å²) in [6.07, 6.45) is 0.873. The van der Waals surface area contributed by atoms with E-state index in [1.165, 1.54) is 17.3 Å². The van der Waals surface area contributed by atoms with Crippen LogP contribution in [0.4, 0.5) is 4.79 Å². The second-order valence-electron chi connectivity index (χ2n) is 4.02. The fourth-order valence-corrected chi connectivity index (χ4v) is 1.87. The van der Waals surface area contributed by atoms with Gasteiger partial charge in [0, 0.05) is 19.8 Å². The van der Waals surface area contributed by atoms with E-state index in [2.05, 4.69) is 0 Å². The van der Waals surface area contributed by atoms with E-state index in [9.17, 15) is 4.79 Å². The predicted molar refractivity (Wildman–Crippen MR) is 72.8 cm³/mol. The largest absolute Gasteiger partial charge is 0.494 e. The first-order valence-corrected chi connectivity index (χ1v) is 6.61. The highest BCUT2D eigenvalue weighted by Gasteiger charge is 2.03. The molecule has 0 saturated carbocycles. The second-order valence-corrected chi connectivity index (χ2v) is 5.07. The standard InChI is InChI=1S/C13H19NO2S/c1-11-5-7-12(8-6-11)16-9-4-10-17-13(15)14(2)3/h5-8H,4,9-10H2,1-3H3. The Morgan fingerprint density at radius 2 is 1.94 bits per heavy atom. The fraction of sp³-hybridized carbons (Fsp3) is 0.462. The molecule has 0 aromatic heterocycles. The summed E-state index contributed by atoms with van der Waals surface area (Å²) in [5.41, 5.74) is 1.23. The highest BCUT2D eigenvalue weighted by atomic mass is 32.2. The molecular formula is C13H19NO2S. The maximum absolute atomic E-state index is 11.3. The number of thioether (sulfide) groups is 1. The zero-order valence-corrected chi connectivity index (χ0v) is 11.4. The lowest BCUT2D eigenvalue weighted by Crippen LogP contribution is -2.17. The van der Waals surface area contributed by atoms with Crippen LogP contribution in [0.1, 0.15) is 12.0 Å². The second kappa shape index (κ2) is 7.22. The van der Waals surface area contributed by atoms with Crippen LogP contribution in [0.2, 0.25) is 0 Å². The summed E-state index contributed by atoms with van der Waals surface area (Å²) in [7, 11) is 3.52. The highest BCUT2D eigenvalue weighted by molar-refractivity contribution is 8.13. The van der Waals surface area contributed by atoms with E-state index in [4.69, 9.17) is 4.74 Å². The molecule has 0 aliphatic carbocycles. The Bertz CT molecular complexity index is 349. The Morgan fingerprint density at radius 3 is 2.53 bits per heavy atom. The Balaban J connectivity index is 2.12. The minimum absolute atomic E-state index is 0.0975. The van der Waals surface area contributed by atoms with Crippen LogP contribution >= 0.6 is 11.8 Å². The van der Waals surface area contributed by atoms with Crippen molar-refractivity contribution >= 4 is 17.0 Å². The van der Waals surface area contributed by atoms with Crippen molar-refractivity contribution in [1.29, 1.82) is 0 Å². The number of aryl methyl sites for hydroxylation is 1. The summed E-state index contributed by atoms with van der Waals surface area (Å²) in [5, 5.41) is 0.0975. The first-order valence-electron chi connectivity index (χ1n) is 5.63. The molecule has 1 aromatic carbocycles. The Morgan fingerprint density at radius 1 is 1.29 bits per heavy atom. The van der Waals surface area contributed by atoms with Crippen LogP contribution < -0.4 is 4.74 Å². The van der Waals surface area contributed by atoms with Gasteiger partial charge < -0.3 is 9.64 Å². The molecule has 4 heteroatoms. The summed E-state index contributed by atoms with van der Waals surface area (Å²) in [6.45, 7) is 2.70. The van der Waals surface area contributed by atoms with Gasteiger partial charge in [-0.3, -0.25) is 4.79 Å². The average molecular weight is 253 g/mol. The van der Waals surface area contributed by atoms with E-state index in [0.717, 1.165) is 17.9 Å². The summed E-state index contributed by atoms with van der Waals surface area (Å²) in [4.78, 5) is 12.9.